The van der Waals surface area contributed by atoms with Gasteiger partial charge in [-0.3, -0.25) is 25.1 Å². The first-order valence-corrected chi connectivity index (χ1v) is 28.1. The lowest BCUT2D eigenvalue weighted by Gasteiger charge is -2.49. The summed E-state index contributed by atoms with van der Waals surface area (Å²) >= 11 is 0. The van der Waals surface area contributed by atoms with E-state index >= 15 is 0 Å². The molecule has 0 spiro atoms. The Bertz CT molecular complexity index is 2140. The topological polar surface area (TPSA) is 278 Å². The quantitative estimate of drug-likeness (QED) is 0.0330. The molecule has 1 unspecified atom stereocenters. The van der Waals surface area contributed by atoms with Crippen LogP contribution in [0.15, 0.2) is 29.4 Å². The monoisotopic (exact) mass is 1110 g/mol. The average Bonchev–Trinajstić information content (AvgIpc) is 3.41. The molecule has 18 atom stereocenters. The molecular formula is C56H93N5O17. The third-order valence-corrected chi connectivity index (χ3v) is 16.7. The Balaban J connectivity index is 1.59. The third kappa shape index (κ3) is 16.7. The molecule has 1 saturated carbocycles. The SMILES string of the molecule is CC[C@H]1OC(=O)[C@H](C)[C@@H](O[C@H]2C[C@@](C)(OC)[C@@H](OC(C)=O)[C@H](C)O2)[C@H](C)[C@@H](O[C@@H]2O[C@H](C)C[C@H](N(C)C)[C@H]2OC(=O)NNCc2cccc([N+](=O)[O-])c2)C(C)(O)C[C@@H](C)/C(=N\OCCCC2CCCCC2)[C@H](C)[C@@H](O)[C@]1(C)O. The second-order valence-electron chi connectivity index (χ2n) is 23.4. The van der Waals surface area contributed by atoms with E-state index in [1.165, 1.54) is 71.3 Å². The van der Waals surface area contributed by atoms with Gasteiger partial charge in [-0.1, -0.05) is 77.1 Å². The highest BCUT2D eigenvalue weighted by molar-refractivity contribution is 5.88. The molecule has 1 amide bonds. The van der Waals surface area contributed by atoms with Gasteiger partial charge >= 0.3 is 18.0 Å². The lowest BCUT2D eigenvalue weighted by atomic mass is 9.73. The van der Waals surface area contributed by atoms with E-state index in [1.54, 1.807) is 54.5 Å². The fourth-order valence-corrected chi connectivity index (χ4v) is 12.3. The van der Waals surface area contributed by atoms with Crippen molar-refractivity contribution in [2.45, 2.75) is 238 Å². The Morgan fingerprint density at radius 3 is 2.27 bits per heavy atom. The van der Waals surface area contributed by atoms with Gasteiger partial charge in [-0.25, -0.2) is 10.2 Å². The predicted octanol–water partition coefficient (Wildman–Crippen LogP) is 6.87. The molecule has 22 nitrogen and oxygen atoms in total. The number of hydrogen-bond donors (Lipinski definition) is 5. The number of carbonyl (C=O) groups is 3. The van der Waals surface area contributed by atoms with Crippen LogP contribution in [0.5, 0.6) is 0 Å². The van der Waals surface area contributed by atoms with Crippen LogP contribution in [0.2, 0.25) is 0 Å². The fourth-order valence-electron chi connectivity index (χ4n) is 12.3. The minimum absolute atomic E-state index is 0.0229. The normalized spacial score (nSPS) is 38.2. The molecule has 3 heterocycles. The Morgan fingerprint density at radius 1 is 0.949 bits per heavy atom. The number of hydrazine groups is 1. The van der Waals surface area contributed by atoms with E-state index in [-0.39, 0.29) is 31.5 Å². The number of non-ortho nitro benzene ring substituents is 1. The van der Waals surface area contributed by atoms with E-state index in [4.69, 9.17) is 42.7 Å². The molecule has 3 aliphatic heterocycles. The molecule has 5 rings (SSSR count). The first kappa shape index (κ1) is 64.7. The van der Waals surface area contributed by atoms with Crippen molar-refractivity contribution in [2.24, 2.45) is 34.7 Å². The van der Waals surface area contributed by atoms with Gasteiger partial charge in [-0.2, -0.15) is 0 Å². The summed E-state index contributed by atoms with van der Waals surface area (Å²) in [5, 5.41) is 53.9. The highest BCUT2D eigenvalue weighted by Gasteiger charge is 2.55. The average molecular weight is 1110 g/mol. The molecule has 1 aromatic rings. The molecule has 22 heteroatoms. The number of rotatable bonds is 18. The molecule has 4 fully saturated rings. The molecule has 444 valence electrons. The maximum Gasteiger partial charge on any atom is 0.422 e. The molecule has 78 heavy (non-hydrogen) atoms. The van der Waals surface area contributed by atoms with Gasteiger partial charge in [-0.05, 0) is 99.2 Å². The first-order chi connectivity index (χ1) is 36.6. The largest absolute Gasteiger partial charge is 0.459 e. The van der Waals surface area contributed by atoms with E-state index in [0.717, 1.165) is 12.8 Å². The molecule has 5 N–H and O–H groups in total. The van der Waals surface area contributed by atoms with E-state index in [9.17, 15) is 39.8 Å². The zero-order chi connectivity index (χ0) is 57.9. The van der Waals surface area contributed by atoms with Gasteiger partial charge in [0, 0.05) is 56.9 Å². The van der Waals surface area contributed by atoms with Crippen LogP contribution in [0, 0.1) is 39.7 Å². The number of likely N-dealkylation sites (N-methyl/N-ethyl adjacent to an activating group) is 1. The van der Waals surface area contributed by atoms with E-state index in [0.29, 0.717) is 30.2 Å². The molecule has 0 bridgehead atoms. The van der Waals surface area contributed by atoms with Crippen molar-refractivity contribution in [3.05, 3.63) is 39.9 Å². The summed E-state index contributed by atoms with van der Waals surface area (Å²) in [4.78, 5) is 59.7. The van der Waals surface area contributed by atoms with Crippen molar-refractivity contribution in [3.8, 4) is 0 Å². The number of methoxy groups -OCH3 is 1. The maximum atomic E-state index is 14.8. The van der Waals surface area contributed by atoms with Crippen LogP contribution in [0.1, 0.15) is 152 Å². The second-order valence-corrected chi connectivity index (χ2v) is 23.4. The van der Waals surface area contributed by atoms with Gasteiger partial charge in [0.25, 0.3) is 5.69 Å². The number of aliphatic hydroxyl groups is 3. The molecule has 0 radical (unpaired) electrons. The summed E-state index contributed by atoms with van der Waals surface area (Å²) in [6.07, 6.45) is -3.55. The van der Waals surface area contributed by atoms with Crippen LogP contribution in [-0.4, -0.2) is 161 Å². The van der Waals surface area contributed by atoms with Crippen LogP contribution in [0.3, 0.4) is 0 Å². The van der Waals surface area contributed by atoms with Crippen molar-refractivity contribution in [1.29, 1.82) is 0 Å². The minimum atomic E-state index is -2.00. The van der Waals surface area contributed by atoms with Gasteiger partial charge in [0.15, 0.2) is 24.8 Å². The Kier molecular flexibility index (Phi) is 23.7. The zero-order valence-electron chi connectivity index (χ0n) is 48.6. The van der Waals surface area contributed by atoms with E-state index < -0.39 is 131 Å². The highest BCUT2D eigenvalue weighted by atomic mass is 16.7. The van der Waals surface area contributed by atoms with Crippen molar-refractivity contribution >= 4 is 29.4 Å². The van der Waals surface area contributed by atoms with Crippen LogP contribution >= 0.6 is 0 Å². The number of cyclic esters (lactones) is 1. The van der Waals surface area contributed by atoms with E-state index in [1.807, 2.05) is 32.8 Å². The lowest BCUT2D eigenvalue weighted by Crippen LogP contribution is -2.62. The number of benzene rings is 1. The number of ether oxygens (including phenoxy) is 8. The van der Waals surface area contributed by atoms with Crippen molar-refractivity contribution < 1.29 is 77.4 Å². The predicted molar refractivity (Wildman–Crippen MR) is 287 cm³/mol. The molecule has 1 aromatic carbocycles. The second kappa shape index (κ2) is 28.5. The number of nitro benzene ring substituents is 1. The van der Waals surface area contributed by atoms with Gasteiger partial charge < -0.3 is 63.0 Å². The molecule has 1 aliphatic carbocycles. The number of nitrogens with zero attached hydrogens (tertiary/aromatic N) is 3. The number of hydrogen-bond acceptors (Lipinski definition) is 20. The number of nitrogens with one attached hydrogen (secondary N) is 2. The van der Waals surface area contributed by atoms with Crippen molar-refractivity contribution in [2.75, 3.05) is 27.8 Å². The number of amides is 1. The van der Waals surface area contributed by atoms with Crippen molar-refractivity contribution in [1.82, 2.24) is 15.8 Å². The molecule has 4 aliphatic rings. The van der Waals surface area contributed by atoms with Crippen molar-refractivity contribution in [3.63, 3.8) is 0 Å². The van der Waals surface area contributed by atoms with Gasteiger partial charge in [0.2, 0.25) is 0 Å². The van der Waals surface area contributed by atoms with Gasteiger partial charge in [-0.15, -0.1) is 0 Å². The number of carbonyl (C=O) groups excluding carboxylic acids is 3. The Morgan fingerprint density at radius 2 is 1.64 bits per heavy atom. The summed E-state index contributed by atoms with van der Waals surface area (Å²) in [7, 11) is 5.14. The fraction of sp³-hybridized carbons (Fsp3) is 0.821. The third-order valence-electron chi connectivity index (χ3n) is 16.7. The Labute approximate surface area is 461 Å². The van der Waals surface area contributed by atoms with Crippen LogP contribution in [0.25, 0.3) is 0 Å². The number of oxime groups is 1. The number of aliphatic hydroxyl groups excluding tert-OH is 1. The summed E-state index contributed by atoms with van der Waals surface area (Å²) in [5.41, 5.74) is 1.05. The summed E-state index contributed by atoms with van der Waals surface area (Å²) in [6.45, 7) is 18.6. The summed E-state index contributed by atoms with van der Waals surface area (Å²) in [6, 6.07) is 5.45. The molecule has 3 saturated heterocycles. The van der Waals surface area contributed by atoms with Gasteiger partial charge in [0.1, 0.15) is 23.9 Å². The first-order valence-electron chi connectivity index (χ1n) is 28.1. The van der Waals surface area contributed by atoms with Gasteiger partial charge in [0.05, 0.1) is 58.7 Å². The number of nitro groups is 1. The minimum Gasteiger partial charge on any atom is -0.459 e. The smallest absolute Gasteiger partial charge is 0.422 e. The standard InChI is InChI=1S/C56H93N5O17/c1-15-43-56(11,67)48(63)34(4)45(59-71-26-20-24-39-21-17-16-18-22-39)32(2)29-54(9,66)49(35(5)46(36(6)51(64)75-43)76-44-30-55(10,70-14)50(37(7)73-44)74-38(8)62)78-52-47(42(60(12)13)27-33(3)72-52)77-53(65)58-57-31-40-23-19-25-41(28-40)61(68)69/h19,23,25,28,32-37,39,42-44,46-50,52,57,63,66-67H,15-18,20-22,24,26-27,29-31H2,1-14H3,(H,58,65)/b59-45+/t32-,33-,34+,35+,36-,37+,42+,43-,44+,46+,47-,48-,49-,50+,52+,54?,55-,56-/m1/s1. The van der Waals surface area contributed by atoms with E-state index in [2.05, 4.69) is 16.0 Å². The Hall–Kier alpha value is -4.10. The summed E-state index contributed by atoms with van der Waals surface area (Å²) in [5.74, 6) is -4.38. The summed E-state index contributed by atoms with van der Waals surface area (Å²) < 4.78 is 51.1. The number of esters is 2. The highest BCUT2D eigenvalue weighted by Crippen LogP contribution is 2.42. The van der Waals surface area contributed by atoms with Crippen LogP contribution in [0.4, 0.5) is 10.5 Å². The lowest BCUT2D eigenvalue weighted by molar-refractivity contribution is -0.384. The molecular weight excluding hydrogens is 1010 g/mol. The maximum absolute atomic E-state index is 14.8. The van der Waals surface area contributed by atoms with Crippen LogP contribution < -0.4 is 10.9 Å². The molecule has 0 aromatic heterocycles. The zero-order valence-corrected chi connectivity index (χ0v) is 48.6. The van der Waals surface area contributed by atoms with Crippen LogP contribution in [-0.2, 0) is 58.9 Å².